The van der Waals surface area contributed by atoms with E-state index in [2.05, 4.69) is 0 Å². The fourth-order valence-corrected chi connectivity index (χ4v) is 2.35. The molecule has 4 heteroatoms. The number of benzene rings is 2. The van der Waals surface area contributed by atoms with E-state index in [9.17, 15) is 4.39 Å². The van der Waals surface area contributed by atoms with Crippen LogP contribution in [0.4, 0.5) is 4.39 Å². The van der Waals surface area contributed by atoms with E-state index < -0.39 is 0 Å². The van der Waals surface area contributed by atoms with Crippen molar-refractivity contribution in [3.8, 4) is 5.75 Å². The summed E-state index contributed by atoms with van der Waals surface area (Å²) in [6, 6.07) is 12.0. The molecule has 2 aromatic carbocycles. The molecule has 0 bridgehead atoms. The summed E-state index contributed by atoms with van der Waals surface area (Å²) < 4.78 is 18.4. The second-order valence-electron chi connectivity index (χ2n) is 4.76. The Balaban J connectivity index is 2.04. The first kappa shape index (κ1) is 14.8. The van der Waals surface area contributed by atoms with Gasteiger partial charge in [-0.3, -0.25) is 0 Å². The highest BCUT2D eigenvalue weighted by Crippen LogP contribution is 2.20. The number of hydrogen-bond donors (Lipinski definition) is 1. The van der Waals surface area contributed by atoms with Crippen LogP contribution in [0.3, 0.4) is 0 Å². The Morgan fingerprint density at radius 1 is 1.20 bits per heavy atom. The standard InChI is InChI=1S/C16H17ClFNO/c1-20-15-4-2-3-11(8-15)7-14(19)10-12-9-13(18)5-6-16(12)17/h2-6,8-9,14H,7,10,19H2,1H3. The van der Waals surface area contributed by atoms with Gasteiger partial charge in [-0.25, -0.2) is 4.39 Å². The van der Waals surface area contributed by atoms with Gasteiger partial charge in [0.25, 0.3) is 0 Å². The number of halogens is 2. The van der Waals surface area contributed by atoms with E-state index in [-0.39, 0.29) is 11.9 Å². The summed E-state index contributed by atoms with van der Waals surface area (Å²) in [7, 11) is 1.63. The van der Waals surface area contributed by atoms with E-state index in [1.54, 1.807) is 13.2 Å². The Morgan fingerprint density at radius 2 is 2.00 bits per heavy atom. The summed E-state index contributed by atoms with van der Waals surface area (Å²) in [4.78, 5) is 0. The van der Waals surface area contributed by atoms with E-state index >= 15 is 0 Å². The normalized spacial score (nSPS) is 12.2. The molecule has 0 aliphatic carbocycles. The number of rotatable bonds is 5. The van der Waals surface area contributed by atoms with E-state index in [1.807, 2.05) is 24.3 Å². The second-order valence-corrected chi connectivity index (χ2v) is 5.16. The first-order valence-corrected chi connectivity index (χ1v) is 6.78. The van der Waals surface area contributed by atoms with Crippen LogP contribution < -0.4 is 10.5 Å². The highest BCUT2D eigenvalue weighted by molar-refractivity contribution is 6.31. The first-order chi connectivity index (χ1) is 9.58. The van der Waals surface area contributed by atoms with E-state index in [0.29, 0.717) is 17.9 Å². The molecule has 0 fully saturated rings. The summed E-state index contributed by atoms with van der Waals surface area (Å²) in [5.41, 5.74) is 7.95. The Hall–Kier alpha value is -1.58. The van der Waals surface area contributed by atoms with Gasteiger partial charge in [-0.15, -0.1) is 0 Å². The molecule has 2 N–H and O–H groups in total. The van der Waals surface area contributed by atoms with Gasteiger partial charge in [-0.05, 0) is 54.3 Å². The van der Waals surface area contributed by atoms with Gasteiger partial charge in [0.05, 0.1) is 7.11 Å². The molecule has 2 aromatic rings. The van der Waals surface area contributed by atoms with Crippen LogP contribution in [0.15, 0.2) is 42.5 Å². The van der Waals surface area contributed by atoms with Gasteiger partial charge >= 0.3 is 0 Å². The quantitative estimate of drug-likeness (QED) is 0.914. The smallest absolute Gasteiger partial charge is 0.123 e. The fraction of sp³-hybridized carbons (Fsp3) is 0.250. The van der Waals surface area contributed by atoms with Crippen LogP contribution in [-0.4, -0.2) is 13.2 Å². The van der Waals surface area contributed by atoms with Crippen molar-refractivity contribution >= 4 is 11.6 Å². The van der Waals surface area contributed by atoms with Gasteiger partial charge in [0, 0.05) is 11.1 Å². The van der Waals surface area contributed by atoms with Crippen LogP contribution in [-0.2, 0) is 12.8 Å². The second kappa shape index (κ2) is 6.73. The van der Waals surface area contributed by atoms with Crippen molar-refractivity contribution < 1.29 is 9.13 Å². The van der Waals surface area contributed by atoms with Gasteiger partial charge in [-0.2, -0.15) is 0 Å². The lowest BCUT2D eigenvalue weighted by molar-refractivity contribution is 0.414. The van der Waals surface area contributed by atoms with E-state index in [4.69, 9.17) is 22.1 Å². The summed E-state index contributed by atoms with van der Waals surface area (Å²) in [5, 5.41) is 0.549. The van der Waals surface area contributed by atoms with Crippen molar-refractivity contribution in [2.45, 2.75) is 18.9 Å². The maximum absolute atomic E-state index is 13.2. The predicted molar refractivity (Wildman–Crippen MR) is 79.8 cm³/mol. The molecule has 2 nitrogen and oxygen atoms in total. The van der Waals surface area contributed by atoms with Crippen molar-refractivity contribution in [2.75, 3.05) is 7.11 Å². The highest BCUT2D eigenvalue weighted by Gasteiger charge is 2.10. The molecule has 0 saturated carbocycles. The van der Waals surface area contributed by atoms with Gasteiger partial charge in [0.15, 0.2) is 0 Å². The lowest BCUT2D eigenvalue weighted by atomic mass is 9.99. The van der Waals surface area contributed by atoms with E-state index in [1.165, 1.54) is 12.1 Å². The van der Waals surface area contributed by atoms with Gasteiger partial charge in [0.2, 0.25) is 0 Å². The van der Waals surface area contributed by atoms with Crippen LogP contribution in [0.2, 0.25) is 5.02 Å². The monoisotopic (exact) mass is 293 g/mol. The topological polar surface area (TPSA) is 35.2 Å². The lowest BCUT2D eigenvalue weighted by Gasteiger charge is -2.13. The van der Waals surface area contributed by atoms with Crippen LogP contribution >= 0.6 is 11.6 Å². The zero-order chi connectivity index (χ0) is 14.5. The minimum atomic E-state index is -0.294. The Bertz CT molecular complexity index is 588. The summed E-state index contributed by atoms with van der Waals surface area (Å²) in [5.74, 6) is 0.511. The van der Waals surface area contributed by atoms with Gasteiger partial charge < -0.3 is 10.5 Å². The number of nitrogens with two attached hydrogens (primary N) is 1. The molecule has 106 valence electrons. The van der Waals surface area contributed by atoms with Crippen molar-refractivity contribution in [1.29, 1.82) is 0 Å². The first-order valence-electron chi connectivity index (χ1n) is 6.41. The zero-order valence-corrected chi connectivity index (χ0v) is 12.0. The lowest BCUT2D eigenvalue weighted by Crippen LogP contribution is -2.25. The molecule has 0 aromatic heterocycles. The Labute approximate surface area is 123 Å². The summed E-state index contributed by atoms with van der Waals surface area (Å²) in [6.07, 6.45) is 1.22. The maximum Gasteiger partial charge on any atom is 0.123 e. The molecular formula is C16H17ClFNO. The average molecular weight is 294 g/mol. The molecule has 0 aliphatic rings. The molecule has 2 rings (SSSR count). The average Bonchev–Trinajstić information content (AvgIpc) is 2.43. The third-order valence-electron chi connectivity index (χ3n) is 3.12. The molecule has 0 heterocycles. The molecule has 0 radical (unpaired) electrons. The summed E-state index contributed by atoms with van der Waals surface area (Å²) in [6.45, 7) is 0. The number of hydrogen-bond acceptors (Lipinski definition) is 2. The van der Waals surface area contributed by atoms with Crippen molar-refractivity contribution in [3.63, 3.8) is 0 Å². The van der Waals surface area contributed by atoms with Crippen LogP contribution in [0.25, 0.3) is 0 Å². The third-order valence-corrected chi connectivity index (χ3v) is 3.49. The molecule has 0 spiro atoms. The fourth-order valence-electron chi connectivity index (χ4n) is 2.16. The van der Waals surface area contributed by atoms with Crippen molar-refractivity contribution in [1.82, 2.24) is 0 Å². The minimum absolute atomic E-state index is 0.124. The maximum atomic E-state index is 13.2. The Kier molecular flexibility index (Phi) is 4.99. The minimum Gasteiger partial charge on any atom is -0.497 e. The molecule has 0 aliphatic heterocycles. The highest BCUT2D eigenvalue weighted by atomic mass is 35.5. The van der Waals surface area contributed by atoms with Crippen LogP contribution in [0, 0.1) is 5.82 Å². The number of ether oxygens (including phenoxy) is 1. The molecule has 20 heavy (non-hydrogen) atoms. The van der Waals surface area contributed by atoms with Crippen molar-refractivity contribution in [3.05, 3.63) is 64.4 Å². The SMILES string of the molecule is COc1cccc(CC(N)Cc2cc(F)ccc2Cl)c1. The van der Waals surface area contributed by atoms with E-state index in [0.717, 1.165) is 16.9 Å². The Morgan fingerprint density at radius 3 is 2.75 bits per heavy atom. The number of methoxy groups -OCH3 is 1. The molecular weight excluding hydrogens is 277 g/mol. The third kappa shape index (κ3) is 3.95. The van der Waals surface area contributed by atoms with Gasteiger partial charge in [-0.1, -0.05) is 23.7 Å². The van der Waals surface area contributed by atoms with Crippen LogP contribution in [0.5, 0.6) is 5.75 Å². The zero-order valence-electron chi connectivity index (χ0n) is 11.3. The van der Waals surface area contributed by atoms with Gasteiger partial charge in [0.1, 0.15) is 11.6 Å². The molecule has 1 atom stereocenters. The van der Waals surface area contributed by atoms with Crippen molar-refractivity contribution in [2.24, 2.45) is 5.73 Å². The predicted octanol–water partition coefficient (Wildman–Crippen LogP) is 3.60. The molecule has 0 saturated heterocycles. The summed E-state index contributed by atoms with van der Waals surface area (Å²) >= 11 is 6.05. The van der Waals surface area contributed by atoms with Crippen LogP contribution in [0.1, 0.15) is 11.1 Å². The molecule has 1 unspecified atom stereocenters. The largest absolute Gasteiger partial charge is 0.497 e. The molecule has 0 amide bonds.